The summed E-state index contributed by atoms with van der Waals surface area (Å²) in [6, 6.07) is 7.10. The molecular weight excluding hydrogens is 363 g/mol. The second-order valence-electron chi connectivity index (χ2n) is 6.32. The van der Waals surface area contributed by atoms with Crippen LogP contribution >= 0.6 is 11.3 Å². The molecule has 0 fully saturated rings. The number of hydrogen-bond acceptors (Lipinski definition) is 3. The van der Waals surface area contributed by atoms with Crippen molar-refractivity contribution in [3.05, 3.63) is 51.2 Å². The Morgan fingerprint density at radius 2 is 1.92 bits per heavy atom. The number of anilines is 1. The summed E-state index contributed by atoms with van der Waals surface area (Å²) in [7, 11) is 0. The van der Waals surface area contributed by atoms with Crippen LogP contribution in [0.15, 0.2) is 30.3 Å². The van der Waals surface area contributed by atoms with Gasteiger partial charge < -0.3 is 4.90 Å². The number of fused-ring (bicyclic) bond motifs is 1. The topological polar surface area (TPSA) is 37.4 Å². The molecule has 7 heteroatoms. The molecule has 138 valence electrons. The molecule has 1 amide bonds. The van der Waals surface area contributed by atoms with Crippen LogP contribution in [-0.2, 0) is 17.4 Å². The number of carbonyl (C=O) groups is 2. The van der Waals surface area contributed by atoms with E-state index >= 15 is 0 Å². The van der Waals surface area contributed by atoms with Gasteiger partial charge in [-0.2, -0.15) is 13.2 Å². The van der Waals surface area contributed by atoms with E-state index in [2.05, 4.69) is 0 Å². The quantitative estimate of drug-likeness (QED) is 0.698. The molecule has 1 aliphatic rings. The van der Waals surface area contributed by atoms with Crippen LogP contribution in [0, 0.1) is 6.92 Å². The summed E-state index contributed by atoms with van der Waals surface area (Å²) in [4.78, 5) is 27.9. The fourth-order valence-electron chi connectivity index (χ4n) is 3.10. The predicted molar refractivity (Wildman–Crippen MR) is 94.7 cm³/mol. The molecule has 1 aromatic heterocycles. The van der Waals surface area contributed by atoms with Crippen LogP contribution in [0.5, 0.6) is 0 Å². The zero-order chi connectivity index (χ0) is 18.9. The van der Waals surface area contributed by atoms with Gasteiger partial charge in [-0.3, -0.25) is 9.59 Å². The highest BCUT2D eigenvalue weighted by Gasteiger charge is 2.32. The van der Waals surface area contributed by atoms with Crippen molar-refractivity contribution < 1.29 is 22.8 Å². The first-order valence-electron chi connectivity index (χ1n) is 8.36. The van der Waals surface area contributed by atoms with E-state index < -0.39 is 11.7 Å². The number of Topliss-reactive ketones (excluding diaryl/α,β-unsaturated/α-hetero) is 1. The maximum absolute atomic E-state index is 12.9. The second-order valence-corrected chi connectivity index (χ2v) is 7.61. The number of amides is 1. The van der Waals surface area contributed by atoms with Crippen molar-refractivity contribution in [2.45, 2.75) is 38.8 Å². The lowest BCUT2D eigenvalue weighted by Crippen LogP contribution is -2.35. The van der Waals surface area contributed by atoms with Crippen LogP contribution in [0.3, 0.4) is 0 Å². The van der Waals surface area contributed by atoms with Crippen molar-refractivity contribution in [3.63, 3.8) is 0 Å². The lowest BCUT2D eigenvalue weighted by molar-refractivity contribution is -0.137. The molecule has 0 unspecified atom stereocenters. The first kappa shape index (κ1) is 18.6. The Balaban J connectivity index is 1.70. The molecule has 0 radical (unpaired) electrons. The van der Waals surface area contributed by atoms with E-state index in [-0.39, 0.29) is 24.5 Å². The highest BCUT2D eigenvalue weighted by molar-refractivity contribution is 7.14. The third kappa shape index (κ3) is 3.98. The van der Waals surface area contributed by atoms with Gasteiger partial charge in [-0.25, -0.2) is 0 Å². The van der Waals surface area contributed by atoms with Crippen molar-refractivity contribution in [3.8, 4) is 0 Å². The molecule has 2 heterocycles. The SMILES string of the molecule is Cc1ccc(C(=O)CCC(=O)N2CCCc3cc(C(F)(F)F)ccc32)s1. The molecule has 0 spiro atoms. The lowest BCUT2D eigenvalue weighted by Gasteiger charge is -2.30. The molecule has 0 atom stereocenters. The van der Waals surface area contributed by atoms with E-state index in [1.807, 2.05) is 13.0 Å². The second kappa shape index (κ2) is 7.23. The van der Waals surface area contributed by atoms with E-state index in [4.69, 9.17) is 0 Å². The summed E-state index contributed by atoms with van der Waals surface area (Å²) >= 11 is 1.39. The summed E-state index contributed by atoms with van der Waals surface area (Å²) in [5, 5.41) is 0. The molecule has 1 aliphatic heterocycles. The Bertz CT molecular complexity index is 842. The molecular formula is C19H18F3NO2S. The summed E-state index contributed by atoms with van der Waals surface area (Å²) in [6.07, 6.45) is -3.12. The van der Waals surface area contributed by atoms with Crippen LogP contribution in [-0.4, -0.2) is 18.2 Å². The smallest absolute Gasteiger partial charge is 0.312 e. The predicted octanol–water partition coefficient (Wildman–Crippen LogP) is 5.02. The minimum atomic E-state index is -4.40. The maximum Gasteiger partial charge on any atom is 0.416 e. The van der Waals surface area contributed by atoms with Gasteiger partial charge in [0, 0.05) is 30.0 Å². The van der Waals surface area contributed by atoms with Gasteiger partial charge in [0.1, 0.15) is 0 Å². The Kier molecular flexibility index (Phi) is 5.18. The molecule has 0 saturated heterocycles. The number of carbonyl (C=O) groups excluding carboxylic acids is 2. The third-order valence-corrected chi connectivity index (χ3v) is 5.45. The Morgan fingerprint density at radius 1 is 1.15 bits per heavy atom. The Hall–Kier alpha value is -2.15. The minimum absolute atomic E-state index is 0.0518. The molecule has 0 N–H and O–H groups in total. The van der Waals surface area contributed by atoms with Gasteiger partial charge in [0.2, 0.25) is 5.91 Å². The molecule has 3 nitrogen and oxygen atoms in total. The fraction of sp³-hybridized carbons (Fsp3) is 0.368. The summed E-state index contributed by atoms with van der Waals surface area (Å²) in [6.45, 7) is 2.37. The molecule has 26 heavy (non-hydrogen) atoms. The Morgan fingerprint density at radius 3 is 2.58 bits per heavy atom. The first-order valence-corrected chi connectivity index (χ1v) is 9.17. The van der Waals surface area contributed by atoms with E-state index in [1.54, 1.807) is 6.07 Å². The number of alkyl halides is 3. The monoisotopic (exact) mass is 381 g/mol. The van der Waals surface area contributed by atoms with Crippen LogP contribution in [0.1, 0.15) is 44.9 Å². The van der Waals surface area contributed by atoms with Gasteiger partial charge in [-0.15, -0.1) is 11.3 Å². The van der Waals surface area contributed by atoms with Gasteiger partial charge in [-0.05, 0) is 55.7 Å². The number of halogens is 3. The summed E-state index contributed by atoms with van der Waals surface area (Å²) in [5.41, 5.74) is 0.349. The van der Waals surface area contributed by atoms with Crippen molar-refractivity contribution in [2.75, 3.05) is 11.4 Å². The lowest BCUT2D eigenvalue weighted by atomic mass is 9.98. The largest absolute Gasteiger partial charge is 0.416 e. The third-order valence-electron chi connectivity index (χ3n) is 4.41. The zero-order valence-corrected chi connectivity index (χ0v) is 15.0. The average molecular weight is 381 g/mol. The molecule has 2 aromatic rings. The van der Waals surface area contributed by atoms with E-state index in [9.17, 15) is 22.8 Å². The van der Waals surface area contributed by atoms with Crippen molar-refractivity contribution in [2.24, 2.45) is 0 Å². The van der Waals surface area contributed by atoms with E-state index in [1.165, 1.54) is 22.3 Å². The van der Waals surface area contributed by atoms with Crippen LogP contribution in [0.4, 0.5) is 18.9 Å². The highest BCUT2D eigenvalue weighted by atomic mass is 32.1. The summed E-state index contributed by atoms with van der Waals surface area (Å²) < 4.78 is 38.6. The minimum Gasteiger partial charge on any atom is -0.312 e. The average Bonchev–Trinajstić information content (AvgIpc) is 3.04. The number of thiophene rings is 1. The number of ketones is 1. The standard InChI is InChI=1S/C19H18F3NO2S/c1-12-4-8-17(26-12)16(24)7-9-18(25)23-10-2-3-13-11-14(19(20,21)22)5-6-15(13)23/h4-6,8,11H,2-3,7,9-10H2,1H3. The number of hydrogen-bond donors (Lipinski definition) is 0. The number of aryl methyl sites for hydroxylation is 2. The van der Waals surface area contributed by atoms with Crippen molar-refractivity contribution in [1.82, 2.24) is 0 Å². The van der Waals surface area contributed by atoms with Crippen molar-refractivity contribution >= 4 is 28.7 Å². The molecule has 0 aliphatic carbocycles. The maximum atomic E-state index is 12.9. The van der Waals surface area contributed by atoms with Crippen LogP contribution < -0.4 is 4.90 Å². The van der Waals surface area contributed by atoms with Gasteiger partial charge >= 0.3 is 6.18 Å². The van der Waals surface area contributed by atoms with Gasteiger partial charge in [0.05, 0.1) is 10.4 Å². The fourth-order valence-corrected chi connectivity index (χ4v) is 3.93. The van der Waals surface area contributed by atoms with Crippen LogP contribution in [0.2, 0.25) is 0 Å². The highest BCUT2D eigenvalue weighted by Crippen LogP contribution is 2.35. The van der Waals surface area contributed by atoms with E-state index in [0.717, 1.165) is 17.0 Å². The molecule has 1 aromatic carbocycles. The van der Waals surface area contributed by atoms with Gasteiger partial charge in [0.15, 0.2) is 5.78 Å². The first-order chi connectivity index (χ1) is 12.3. The van der Waals surface area contributed by atoms with E-state index in [0.29, 0.717) is 35.5 Å². The van der Waals surface area contributed by atoms with Crippen molar-refractivity contribution in [1.29, 1.82) is 0 Å². The van der Waals surface area contributed by atoms with Gasteiger partial charge in [0.25, 0.3) is 0 Å². The van der Waals surface area contributed by atoms with Crippen LogP contribution in [0.25, 0.3) is 0 Å². The molecule has 3 rings (SSSR count). The number of nitrogens with zero attached hydrogens (tertiary/aromatic N) is 1. The normalized spacial score (nSPS) is 14.2. The zero-order valence-electron chi connectivity index (χ0n) is 14.2. The number of rotatable bonds is 4. The number of benzene rings is 1. The molecule has 0 bridgehead atoms. The summed E-state index contributed by atoms with van der Waals surface area (Å²) in [5.74, 6) is -0.312. The molecule has 0 saturated carbocycles. The van der Waals surface area contributed by atoms with Gasteiger partial charge in [-0.1, -0.05) is 0 Å². The Labute approximate surface area is 153 Å².